The van der Waals surface area contributed by atoms with Crippen LogP contribution in [-0.4, -0.2) is 36.9 Å². The van der Waals surface area contributed by atoms with Crippen molar-refractivity contribution in [2.75, 3.05) is 13.2 Å². The molecular weight excluding hydrogens is 290 g/mol. The van der Waals surface area contributed by atoms with Gasteiger partial charge in [-0.15, -0.1) is 0 Å². The molecule has 1 aromatic carbocycles. The Bertz CT molecular complexity index is 525. The highest BCUT2D eigenvalue weighted by molar-refractivity contribution is 5.77. The predicted molar refractivity (Wildman–Crippen MR) is 89.4 cm³/mol. The summed E-state index contributed by atoms with van der Waals surface area (Å²) in [6, 6.07) is 10.3. The van der Waals surface area contributed by atoms with Crippen molar-refractivity contribution >= 4 is 5.91 Å². The molecule has 4 unspecified atom stereocenters. The Morgan fingerprint density at radius 3 is 2.87 bits per heavy atom. The van der Waals surface area contributed by atoms with Crippen LogP contribution in [0, 0.1) is 0 Å². The molecule has 1 heterocycles. The standard InChI is InChI=1S/C19H27NO3/c1-3-22-17-13-16(19(17)10-7-11-23-19)20-18(21)12-14(2)15-8-5-4-6-9-15/h4-6,8-9,14,16-17H,3,7,10-13H2,1-2H3,(H,20,21). The van der Waals surface area contributed by atoms with Gasteiger partial charge in [0, 0.05) is 19.6 Å². The van der Waals surface area contributed by atoms with E-state index in [9.17, 15) is 4.79 Å². The van der Waals surface area contributed by atoms with E-state index >= 15 is 0 Å². The van der Waals surface area contributed by atoms with E-state index in [-0.39, 0.29) is 29.6 Å². The van der Waals surface area contributed by atoms with Crippen LogP contribution in [0.4, 0.5) is 0 Å². The SMILES string of the molecule is CCOC1CC(NC(=O)CC(C)c2ccccc2)C12CCCO2. The maximum atomic E-state index is 12.4. The van der Waals surface area contributed by atoms with Gasteiger partial charge in [-0.05, 0) is 37.7 Å². The van der Waals surface area contributed by atoms with Gasteiger partial charge >= 0.3 is 0 Å². The minimum absolute atomic E-state index is 0.0945. The Balaban J connectivity index is 1.56. The number of ether oxygens (including phenoxy) is 2. The van der Waals surface area contributed by atoms with Crippen LogP contribution in [-0.2, 0) is 14.3 Å². The summed E-state index contributed by atoms with van der Waals surface area (Å²) in [6.07, 6.45) is 3.54. The molecule has 2 fully saturated rings. The Morgan fingerprint density at radius 2 is 2.22 bits per heavy atom. The van der Waals surface area contributed by atoms with Gasteiger partial charge in [0.1, 0.15) is 5.60 Å². The molecule has 1 N–H and O–H groups in total. The molecule has 1 saturated heterocycles. The zero-order valence-electron chi connectivity index (χ0n) is 14.1. The number of benzene rings is 1. The second-order valence-corrected chi connectivity index (χ2v) is 6.72. The van der Waals surface area contributed by atoms with Crippen LogP contribution in [0.5, 0.6) is 0 Å². The van der Waals surface area contributed by atoms with Crippen molar-refractivity contribution < 1.29 is 14.3 Å². The zero-order chi connectivity index (χ0) is 16.3. The highest BCUT2D eigenvalue weighted by atomic mass is 16.6. The first-order chi connectivity index (χ1) is 11.2. The average Bonchev–Trinajstić information content (AvgIpc) is 3.07. The molecular formula is C19H27NO3. The molecule has 3 rings (SSSR count). The van der Waals surface area contributed by atoms with Crippen molar-refractivity contribution in [3.8, 4) is 0 Å². The summed E-state index contributed by atoms with van der Waals surface area (Å²) in [5.41, 5.74) is 0.928. The van der Waals surface area contributed by atoms with Gasteiger partial charge in [0.2, 0.25) is 5.91 Å². The summed E-state index contributed by atoms with van der Waals surface area (Å²) in [4.78, 5) is 12.4. The van der Waals surface area contributed by atoms with Gasteiger partial charge in [0.05, 0.1) is 12.1 Å². The van der Waals surface area contributed by atoms with Gasteiger partial charge in [-0.3, -0.25) is 4.79 Å². The fourth-order valence-corrected chi connectivity index (χ4v) is 3.91. The molecule has 1 aliphatic heterocycles. The summed E-state index contributed by atoms with van der Waals surface area (Å²) in [7, 11) is 0. The van der Waals surface area contributed by atoms with Crippen molar-refractivity contribution in [1.29, 1.82) is 0 Å². The molecule has 0 radical (unpaired) electrons. The van der Waals surface area contributed by atoms with Crippen molar-refractivity contribution in [1.82, 2.24) is 5.32 Å². The lowest BCUT2D eigenvalue weighted by atomic mass is 9.70. The molecule has 1 saturated carbocycles. The summed E-state index contributed by atoms with van der Waals surface area (Å²) in [5, 5.41) is 3.19. The molecule has 1 spiro atoms. The van der Waals surface area contributed by atoms with Crippen LogP contribution >= 0.6 is 0 Å². The van der Waals surface area contributed by atoms with Crippen molar-refractivity contribution in [3.63, 3.8) is 0 Å². The van der Waals surface area contributed by atoms with Gasteiger partial charge in [0.25, 0.3) is 0 Å². The zero-order valence-corrected chi connectivity index (χ0v) is 14.1. The Morgan fingerprint density at radius 1 is 1.43 bits per heavy atom. The lowest BCUT2D eigenvalue weighted by Gasteiger charge is -2.52. The van der Waals surface area contributed by atoms with Crippen LogP contribution in [0.15, 0.2) is 30.3 Å². The highest BCUT2D eigenvalue weighted by Gasteiger charge is 2.59. The fourth-order valence-electron chi connectivity index (χ4n) is 3.91. The second-order valence-electron chi connectivity index (χ2n) is 6.72. The average molecular weight is 317 g/mol. The van der Waals surface area contributed by atoms with Gasteiger partial charge in [-0.25, -0.2) is 0 Å². The lowest BCUT2D eigenvalue weighted by molar-refractivity contribution is -0.198. The van der Waals surface area contributed by atoms with Gasteiger partial charge < -0.3 is 14.8 Å². The number of hydrogen-bond acceptors (Lipinski definition) is 3. The molecule has 126 valence electrons. The van der Waals surface area contributed by atoms with E-state index in [0.29, 0.717) is 13.0 Å². The molecule has 2 aliphatic rings. The van der Waals surface area contributed by atoms with E-state index in [1.807, 2.05) is 25.1 Å². The van der Waals surface area contributed by atoms with Crippen LogP contribution in [0.25, 0.3) is 0 Å². The van der Waals surface area contributed by atoms with Crippen LogP contribution in [0.1, 0.15) is 51.0 Å². The minimum Gasteiger partial charge on any atom is -0.375 e. The largest absolute Gasteiger partial charge is 0.375 e. The number of carbonyl (C=O) groups excluding carboxylic acids is 1. The van der Waals surface area contributed by atoms with E-state index in [2.05, 4.69) is 24.4 Å². The van der Waals surface area contributed by atoms with E-state index in [1.54, 1.807) is 0 Å². The van der Waals surface area contributed by atoms with E-state index in [1.165, 1.54) is 5.56 Å². The third-order valence-corrected chi connectivity index (χ3v) is 5.23. The van der Waals surface area contributed by atoms with E-state index in [4.69, 9.17) is 9.47 Å². The smallest absolute Gasteiger partial charge is 0.220 e. The molecule has 0 bridgehead atoms. The summed E-state index contributed by atoms with van der Waals surface area (Å²) in [6.45, 7) is 5.58. The van der Waals surface area contributed by atoms with Crippen LogP contribution in [0.2, 0.25) is 0 Å². The monoisotopic (exact) mass is 317 g/mol. The molecule has 0 aromatic heterocycles. The van der Waals surface area contributed by atoms with E-state index < -0.39 is 0 Å². The fraction of sp³-hybridized carbons (Fsp3) is 0.632. The minimum atomic E-state index is -0.276. The number of carbonyl (C=O) groups is 1. The van der Waals surface area contributed by atoms with Crippen LogP contribution < -0.4 is 5.32 Å². The summed E-state index contributed by atoms with van der Waals surface area (Å²) < 4.78 is 11.8. The molecule has 4 atom stereocenters. The number of nitrogens with one attached hydrogen (secondary N) is 1. The third kappa shape index (κ3) is 3.29. The Hall–Kier alpha value is -1.39. The molecule has 4 heteroatoms. The second kappa shape index (κ2) is 7.02. The first-order valence-corrected chi connectivity index (χ1v) is 8.75. The van der Waals surface area contributed by atoms with Gasteiger partial charge in [-0.2, -0.15) is 0 Å². The molecule has 1 aliphatic carbocycles. The van der Waals surface area contributed by atoms with Gasteiger partial charge in [0.15, 0.2) is 0 Å². The Labute approximate surface area is 138 Å². The predicted octanol–water partition coefficient (Wildman–Crippen LogP) is 3.02. The lowest BCUT2D eigenvalue weighted by Crippen LogP contribution is -2.69. The first-order valence-electron chi connectivity index (χ1n) is 8.75. The quantitative estimate of drug-likeness (QED) is 0.877. The van der Waals surface area contributed by atoms with Crippen LogP contribution in [0.3, 0.4) is 0 Å². The molecule has 23 heavy (non-hydrogen) atoms. The molecule has 4 nitrogen and oxygen atoms in total. The third-order valence-electron chi connectivity index (χ3n) is 5.23. The summed E-state index contributed by atoms with van der Waals surface area (Å²) in [5.74, 6) is 0.329. The number of hydrogen-bond donors (Lipinski definition) is 1. The van der Waals surface area contributed by atoms with Gasteiger partial charge in [-0.1, -0.05) is 37.3 Å². The number of rotatable bonds is 6. The van der Waals surface area contributed by atoms with E-state index in [0.717, 1.165) is 25.9 Å². The first kappa shape index (κ1) is 16.5. The Kier molecular flexibility index (Phi) is 5.02. The summed E-state index contributed by atoms with van der Waals surface area (Å²) >= 11 is 0. The van der Waals surface area contributed by atoms with Crippen molar-refractivity contribution in [3.05, 3.63) is 35.9 Å². The van der Waals surface area contributed by atoms with Crippen molar-refractivity contribution in [2.45, 2.75) is 63.2 Å². The molecule has 1 amide bonds. The normalized spacial score (nSPS) is 30.9. The highest BCUT2D eigenvalue weighted by Crippen LogP contribution is 2.45. The number of amides is 1. The molecule has 1 aromatic rings. The maximum absolute atomic E-state index is 12.4. The van der Waals surface area contributed by atoms with Crippen molar-refractivity contribution in [2.24, 2.45) is 0 Å². The topological polar surface area (TPSA) is 47.6 Å². The maximum Gasteiger partial charge on any atom is 0.220 e.